The van der Waals surface area contributed by atoms with Crippen LogP contribution in [0, 0.1) is 0 Å². The van der Waals surface area contributed by atoms with E-state index in [9.17, 15) is 35.9 Å². The second-order valence-electron chi connectivity index (χ2n) is 8.60. The Morgan fingerprint density at radius 2 is 1.17 bits per heavy atom. The number of pyridine rings is 1. The van der Waals surface area contributed by atoms with Gasteiger partial charge in [-0.05, 0) is 6.07 Å². The number of ether oxygens (including phenoxy) is 5. The first-order valence-electron chi connectivity index (χ1n) is 12.1. The molecule has 0 unspecified atom stereocenters. The molecular formula is C28H25F6NO7. The van der Waals surface area contributed by atoms with E-state index in [1.54, 1.807) is 0 Å². The Balaban J connectivity index is 1.94. The molecule has 0 radical (unpaired) electrons. The summed E-state index contributed by atoms with van der Waals surface area (Å²) in [5, 5.41) is 0. The van der Waals surface area contributed by atoms with Crippen LogP contribution in [0.5, 0.6) is 5.88 Å². The van der Waals surface area contributed by atoms with Crippen molar-refractivity contribution in [3.05, 3.63) is 96.2 Å². The first-order valence-corrected chi connectivity index (χ1v) is 12.1. The molecule has 1 aromatic heterocycles. The highest BCUT2D eigenvalue weighted by Crippen LogP contribution is 2.44. The number of benzene rings is 2. The van der Waals surface area contributed by atoms with Gasteiger partial charge in [0.15, 0.2) is 6.10 Å². The second kappa shape index (κ2) is 13.2. The van der Waals surface area contributed by atoms with Crippen molar-refractivity contribution in [2.24, 2.45) is 0 Å². The minimum atomic E-state index is -5.35. The number of hydrogen-bond acceptors (Lipinski definition) is 8. The third-order valence-corrected chi connectivity index (χ3v) is 6.08. The lowest BCUT2D eigenvalue weighted by Crippen LogP contribution is -2.54. The third-order valence-electron chi connectivity index (χ3n) is 6.08. The molecule has 14 heteroatoms. The Hall–Kier alpha value is -4.17. The van der Waals surface area contributed by atoms with Crippen LogP contribution in [-0.4, -0.2) is 62.8 Å². The number of nitrogens with zero attached hydrogens (tertiary/aromatic N) is 1. The fourth-order valence-electron chi connectivity index (χ4n) is 4.01. The average Bonchev–Trinajstić information content (AvgIpc) is 2.96. The zero-order valence-corrected chi connectivity index (χ0v) is 22.1. The lowest BCUT2D eigenvalue weighted by Gasteiger charge is -2.34. The molecule has 0 spiro atoms. The summed E-state index contributed by atoms with van der Waals surface area (Å²) in [6.45, 7) is -1.92. The molecule has 0 bridgehead atoms. The van der Waals surface area contributed by atoms with E-state index in [2.05, 4.69) is 14.5 Å². The molecule has 0 fully saturated rings. The van der Waals surface area contributed by atoms with E-state index in [0.717, 1.165) is 24.3 Å². The van der Waals surface area contributed by atoms with Crippen LogP contribution in [0.1, 0.15) is 11.1 Å². The van der Waals surface area contributed by atoms with Crippen molar-refractivity contribution < 1.29 is 59.6 Å². The van der Waals surface area contributed by atoms with Crippen molar-refractivity contribution >= 4 is 11.9 Å². The molecule has 2 aromatic carbocycles. The summed E-state index contributed by atoms with van der Waals surface area (Å²) in [6.07, 6.45) is -11.2. The monoisotopic (exact) mass is 601 g/mol. The van der Waals surface area contributed by atoms with Gasteiger partial charge in [0, 0.05) is 37.6 Å². The average molecular weight is 601 g/mol. The molecule has 226 valence electrons. The van der Waals surface area contributed by atoms with Gasteiger partial charge >= 0.3 is 24.3 Å². The normalized spacial score (nSPS) is 15.5. The van der Waals surface area contributed by atoms with Crippen LogP contribution < -0.4 is 4.74 Å². The summed E-state index contributed by atoms with van der Waals surface area (Å²) >= 11 is 0. The van der Waals surface area contributed by atoms with Gasteiger partial charge in [-0.25, -0.2) is 14.6 Å². The summed E-state index contributed by atoms with van der Waals surface area (Å²) in [5.41, 5.74) is -8.49. The van der Waals surface area contributed by atoms with E-state index < -0.39 is 65.9 Å². The summed E-state index contributed by atoms with van der Waals surface area (Å²) < 4.78 is 110. The Morgan fingerprint density at radius 3 is 1.60 bits per heavy atom. The van der Waals surface area contributed by atoms with Gasteiger partial charge < -0.3 is 23.7 Å². The highest BCUT2D eigenvalue weighted by atomic mass is 19.4. The molecule has 3 aromatic rings. The zero-order chi connectivity index (χ0) is 31.0. The predicted molar refractivity (Wildman–Crippen MR) is 133 cm³/mol. The Bertz CT molecular complexity index is 1310. The minimum absolute atomic E-state index is 0.0624. The molecule has 1 heterocycles. The first kappa shape index (κ1) is 32.3. The molecule has 0 amide bonds. The van der Waals surface area contributed by atoms with E-state index in [1.165, 1.54) is 60.8 Å². The fraction of sp³-hybridized carbons (Fsp3) is 0.321. The highest BCUT2D eigenvalue weighted by molar-refractivity contribution is 5.84. The number of carbonyl (C=O) groups is 2. The summed E-state index contributed by atoms with van der Waals surface area (Å²) in [7, 11) is 1.27. The van der Waals surface area contributed by atoms with E-state index in [4.69, 9.17) is 14.2 Å². The molecule has 0 saturated carbocycles. The lowest BCUT2D eigenvalue weighted by molar-refractivity contribution is -0.282. The summed E-state index contributed by atoms with van der Waals surface area (Å²) in [6, 6.07) is 16.1. The summed E-state index contributed by atoms with van der Waals surface area (Å²) in [4.78, 5) is 30.0. The minimum Gasteiger partial charge on any atom is -0.474 e. The van der Waals surface area contributed by atoms with E-state index in [-0.39, 0.29) is 5.88 Å². The van der Waals surface area contributed by atoms with Gasteiger partial charge in [-0.15, -0.1) is 0 Å². The van der Waals surface area contributed by atoms with Gasteiger partial charge in [-0.3, -0.25) is 0 Å². The molecule has 0 aliphatic heterocycles. The van der Waals surface area contributed by atoms with Crippen molar-refractivity contribution in [1.82, 2.24) is 4.98 Å². The third kappa shape index (κ3) is 6.49. The molecule has 3 atom stereocenters. The molecular weight excluding hydrogens is 576 g/mol. The van der Waals surface area contributed by atoms with Gasteiger partial charge in [-0.2, -0.15) is 26.3 Å². The SMILES string of the molecule is CO[C@](C(=O)OC[C@@H](COc1ccccn1)OC(=O)[C@@](OC)(c1ccccc1)C(F)(F)F)(c1ccccc1)C(F)(F)F. The highest BCUT2D eigenvalue weighted by Gasteiger charge is 2.65. The maximum absolute atomic E-state index is 14.4. The Kier molecular flexibility index (Phi) is 10.2. The fourth-order valence-corrected chi connectivity index (χ4v) is 4.01. The number of esters is 2. The van der Waals surface area contributed by atoms with E-state index in [1.807, 2.05) is 0 Å². The quantitative estimate of drug-likeness (QED) is 0.209. The molecule has 0 saturated heterocycles. The number of carbonyl (C=O) groups excluding carboxylic acids is 2. The van der Waals surface area contributed by atoms with Crippen LogP contribution in [0.3, 0.4) is 0 Å². The second-order valence-corrected chi connectivity index (χ2v) is 8.60. The van der Waals surface area contributed by atoms with Crippen LogP contribution in [0.25, 0.3) is 0 Å². The number of methoxy groups -OCH3 is 2. The smallest absolute Gasteiger partial charge is 0.432 e. The number of rotatable bonds is 12. The predicted octanol–water partition coefficient (Wildman–Crippen LogP) is 5.12. The molecule has 0 aliphatic rings. The number of alkyl halides is 6. The summed E-state index contributed by atoms with van der Waals surface area (Å²) in [5.74, 6) is -4.00. The first-order chi connectivity index (χ1) is 19.8. The molecule has 0 N–H and O–H groups in total. The Morgan fingerprint density at radius 1 is 0.690 bits per heavy atom. The van der Waals surface area contributed by atoms with Crippen LogP contribution in [0.4, 0.5) is 26.3 Å². The standard InChI is InChI=1S/C28H25F6NO7/c1-38-25(27(29,30)31,19-11-5-3-6-12-19)23(36)41-18-21(17-40-22-15-9-10-16-35-22)42-24(37)26(39-2,28(32,33)34)20-13-7-4-8-14-20/h3-16,21H,17-18H2,1-2H3/t21-,25+,26+/m1/s1. The van der Waals surface area contributed by atoms with Crippen molar-refractivity contribution in [2.45, 2.75) is 29.7 Å². The Labute approximate surface area is 236 Å². The maximum Gasteiger partial charge on any atom is 0.432 e. The van der Waals surface area contributed by atoms with Crippen molar-refractivity contribution in [3.8, 4) is 5.88 Å². The largest absolute Gasteiger partial charge is 0.474 e. The van der Waals surface area contributed by atoms with Crippen molar-refractivity contribution in [3.63, 3.8) is 0 Å². The van der Waals surface area contributed by atoms with Gasteiger partial charge in [0.1, 0.15) is 13.2 Å². The van der Waals surface area contributed by atoms with Gasteiger partial charge in [0.2, 0.25) is 5.88 Å². The van der Waals surface area contributed by atoms with Gasteiger partial charge in [0.05, 0.1) is 0 Å². The molecule has 8 nitrogen and oxygen atoms in total. The zero-order valence-electron chi connectivity index (χ0n) is 22.1. The number of aromatic nitrogens is 1. The van der Waals surface area contributed by atoms with Crippen LogP contribution in [0.2, 0.25) is 0 Å². The molecule has 0 aliphatic carbocycles. The molecule has 3 rings (SSSR count). The van der Waals surface area contributed by atoms with Gasteiger partial charge in [0.25, 0.3) is 11.2 Å². The molecule has 42 heavy (non-hydrogen) atoms. The van der Waals surface area contributed by atoms with Gasteiger partial charge in [-0.1, -0.05) is 66.7 Å². The van der Waals surface area contributed by atoms with Crippen molar-refractivity contribution in [1.29, 1.82) is 0 Å². The van der Waals surface area contributed by atoms with E-state index >= 15 is 0 Å². The van der Waals surface area contributed by atoms with Crippen LogP contribution >= 0.6 is 0 Å². The maximum atomic E-state index is 14.4. The lowest BCUT2D eigenvalue weighted by atomic mass is 9.92. The van der Waals surface area contributed by atoms with Crippen molar-refractivity contribution in [2.75, 3.05) is 27.4 Å². The number of halogens is 6. The number of hydrogen-bond donors (Lipinski definition) is 0. The topological polar surface area (TPSA) is 93.2 Å². The van der Waals surface area contributed by atoms with Crippen LogP contribution in [-0.2, 0) is 39.7 Å². The van der Waals surface area contributed by atoms with E-state index in [0.29, 0.717) is 14.2 Å². The van der Waals surface area contributed by atoms with Crippen LogP contribution in [0.15, 0.2) is 85.1 Å².